The summed E-state index contributed by atoms with van der Waals surface area (Å²) in [6, 6.07) is 4.76. The predicted molar refractivity (Wildman–Crippen MR) is 96.4 cm³/mol. The van der Waals surface area contributed by atoms with Gasteiger partial charge in [-0.2, -0.15) is 0 Å². The fraction of sp³-hybridized carbons (Fsp3) is 0.471. The fourth-order valence-corrected chi connectivity index (χ4v) is 2.34. The van der Waals surface area contributed by atoms with Gasteiger partial charge in [-0.05, 0) is 68.2 Å². The summed E-state index contributed by atoms with van der Waals surface area (Å²) in [5, 5.41) is 4.69. The second-order valence-electron chi connectivity index (χ2n) is 6.55. The van der Waals surface area contributed by atoms with Crippen molar-refractivity contribution in [2.24, 2.45) is 0 Å². The third-order valence-electron chi connectivity index (χ3n) is 2.84. The van der Waals surface area contributed by atoms with Gasteiger partial charge in [0.2, 0.25) is 0 Å². The third kappa shape index (κ3) is 8.02. The molecule has 1 atom stereocenters. The summed E-state index contributed by atoms with van der Waals surface area (Å²) >= 11 is 3.34. The van der Waals surface area contributed by atoms with Crippen molar-refractivity contribution >= 4 is 33.8 Å². The third-order valence-corrected chi connectivity index (χ3v) is 3.46. The summed E-state index contributed by atoms with van der Waals surface area (Å²) in [6.45, 7) is 8.29. The fourth-order valence-electron chi connectivity index (χ4n) is 1.73. The van der Waals surface area contributed by atoms with Crippen LogP contribution in [-0.4, -0.2) is 36.2 Å². The molecule has 25 heavy (non-hydrogen) atoms. The molecule has 0 radical (unpaired) electrons. The first-order valence-corrected chi connectivity index (χ1v) is 8.48. The van der Waals surface area contributed by atoms with E-state index in [-0.39, 0.29) is 6.61 Å². The van der Waals surface area contributed by atoms with Crippen LogP contribution in [-0.2, 0) is 14.3 Å². The molecule has 3 amide bonds. The molecule has 0 aromatic heterocycles. The van der Waals surface area contributed by atoms with Crippen LogP contribution < -0.4 is 15.4 Å². The highest BCUT2D eigenvalue weighted by molar-refractivity contribution is 9.10. The number of esters is 1. The Kier molecular flexibility index (Phi) is 7.41. The van der Waals surface area contributed by atoms with Gasteiger partial charge < -0.3 is 14.8 Å². The molecule has 0 saturated heterocycles. The lowest BCUT2D eigenvalue weighted by molar-refractivity contribution is -0.156. The van der Waals surface area contributed by atoms with Crippen LogP contribution in [0.2, 0.25) is 0 Å². The van der Waals surface area contributed by atoms with Crippen LogP contribution in [0.1, 0.15) is 33.3 Å². The van der Waals surface area contributed by atoms with Crippen molar-refractivity contribution in [1.82, 2.24) is 10.6 Å². The normalized spacial score (nSPS) is 12.1. The number of ether oxygens (including phenoxy) is 2. The molecule has 0 spiro atoms. The Balaban J connectivity index is 2.45. The van der Waals surface area contributed by atoms with Gasteiger partial charge in [0, 0.05) is 5.54 Å². The Hall–Kier alpha value is -2.09. The summed E-state index contributed by atoms with van der Waals surface area (Å²) in [5.41, 5.74) is 0.556. The number of benzene rings is 1. The number of carbonyl (C=O) groups excluding carboxylic acids is 3. The van der Waals surface area contributed by atoms with Gasteiger partial charge in [0.05, 0.1) is 4.47 Å². The van der Waals surface area contributed by atoms with Crippen LogP contribution in [0.3, 0.4) is 0 Å². The number of halogens is 1. The highest BCUT2D eigenvalue weighted by Crippen LogP contribution is 2.25. The van der Waals surface area contributed by atoms with Crippen molar-refractivity contribution in [2.75, 3.05) is 6.61 Å². The van der Waals surface area contributed by atoms with Gasteiger partial charge in [-0.3, -0.25) is 10.1 Å². The van der Waals surface area contributed by atoms with Crippen LogP contribution in [0.15, 0.2) is 22.7 Å². The highest BCUT2D eigenvalue weighted by Gasteiger charge is 2.22. The molecular formula is C17H23BrN2O5. The van der Waals surface area contributed by atoms with E-state index in [0.717, 1.165) is 5.56 Å². The Morgan fingerprint density at radius 2 is 1.88 bits per heavy atom. The van der Waals surface area contributed by atoms with E-state index in [2.05, 4.69) is 26.6 Å². The molecule has 1 aromatic rings. The summed E-state index contributed by atoms with van der Waals surface area (Å²) in [6.07, 6.45) is -1.12. The quantitative estimate of drug-likeness (QED) is 0.722. The average molecular weight is 415 g/mol. The molecule has 0 aliphatic rings. The molecule has 0 aliphatic carbocycles. The van der Waals surface area contributed by atoms with E-state index in [9.17, 15) is 14.4 Å². The average Bonchev–Trinajstić information content (AvgIpc) is 2.44. The zero-order valence-corrected chi connectivity index (χ0v) is 16.5. The Labute approximate surface area is 155 Å². The molecule has 8 heteroatoms. The van der Waals surface area contributed by atoms with E-state index in [1.54, 1.807) is 26.8 Å². The van der Waals surface area contributed by atoms with Crippen molar-refractivity contribution in [3.63, 3.8) is 0 Å². The standard InChI is InChI=1S/C17H23BrN2O5/c1-10-6-7-13(12(18)8-10)24-9-14(21)25-11(2)15(22)19-16(23)20-17(3,4)5/h6-8,11H,9H2,1-5H3,(H2,19,20,22,23)/t11-/m0/s1. The monoisotopic (exact) mass is 414 g/mol. The number of aryl methyl sites for hydroxylation is 1. The second-order valence-corrected chi connectivity index (χ2v) is 7.40. The maximum Gasteiger partial charge on any atom is 0.344 e. The van der Waals surface area contributed by atoms with Crippen LogP contribution in [0.4, 0.5) is 4.79 Å². The van der Waals surface area contributed by atoms with Gasteiger partial charge >= 0.3 is 12.0 Å². The van der Waals surface area contributed by atoms with Crippen LogP contribution in [0, 0.1) is 6.92 Å². The zero-order valence-electron chi connectivity index (χ0n) is 14.9. The van der Waals surface area contributed by atoms with E-state index in [1.807, 2.05) is 19.1 Å². The van der Waals surface area contributed by atoms with Crippen molar-refractivity contribution < 1.29 is 23.9 Å². The van der Waals surface area contributed by atoms with Crippen LogP contribution in [0.25, 0.3) is 0 Å². The lowest BCUT2D eigenvalue weighted by Crippen LogP contribution is -2.50. The number of hydrogen-bond donors (Lipinski definition) is 2. The largest absolute Gasteiger partial charge is 0.481 e. The van der Waals surface area contributed by atoms with Crippen molar-refractivity contribution in [1.29, 1.82) is 0 Å². The molecule has 2 N–H and O–H groups in total. The molecular weight excluding hydrogens is 392 g/mol. The maximum absolute atomic E-state index is 11.8. The number of imide groups is 1. The van der Waals surface area contributed by atoms with Gasteiger partial charge in [0.1, 0.15) is 5.75 Å². The Morgan fingerprint density at radius 3 is 2.44 bits per heavy atom. The summed E-state index contributed by atoms with van der Waals surface area (Å²) in [5.74, 6) is -0.942. The molecule has 0 bridgehead atoms. The summed E-state index contributed by atoms with van der Waals surface area (Å²) in [7, 11) is 0. The molecule has 0 unspecified atom stereocenters. The minimum absolute atomic E-state index is 0.354. The van der Waals surface area contributed by atoms with Gasteiger partial charge in [0.15, 0.2) is 12.7 Å². The number of urea groups is 1. The van der Waals surface area contributed by atoms with Crippen LogP contribution in [0.5, 0.6) is 5.75 Å². The predicted octanol–water partition coefficient (Wildman–Crippen LogP) is 2.69. The second kappa shape index (κ2) is 8.84. The SMILES string of the molecule is Cc1ccc(OCC(=O)O[C@@H](C)C(=O)NC(=O)NC(C)(C)C)c(Br)c1. The minimum atomic E-state index is -1.12. The number of hydrogen-bond acceptors (Lipinski definition) is 5. The molecule has 0 saturated carbocycles. The highest BCUT2D eigenvalue weighted by atomic mass is 79.9. The summed E-state index contributed by atoms with van der Waals surface area (Å²) < 4.78 is 11.0. The van der Waals surface area contributed by atoms with E-state index in [1.165, 1.54) is 6.92 Å². The van der Waals surface area contributed by atoms with E-state index in [4.69, 9.17) is 9.47 Å². The molecule has 7 nitrogen and oxygen atoms in total. The lowest BCUT2D eigenvalue weighted by atomic mass is 10.1. The summed E-state index contributed by atoms with van der Waals surface area (Å²) in [4.78, 5) is 35.2. The maximum atomic E-state index is 11.8. The van der Waals surface area contributed by atoms with Crippen LogP contribution >= 0.6 is 15.9 Å². The van der Waals surface area contributed by atoms with Crippen molar-refractivity contribution in [3.05, 3.63) is 28.2 Å². The van der Waals surface area contributed by atoms with E-state index >= 15 is 0 Å². The topological polar surface area (TPSA) is 93.7 Å². The molecule has 0 fully saturated rings. The van der Waals surface area contributed by atoms with Gasteiger partial charge in [-0.15, -0.1) is 0 Å². The van der Waals surface area contributed by atoms with E-state index < -0.39 is 29.6 Å². The number of carbonyl (C=O) groups is 3. The van der Waals surface area contributed by atoms with Gasteiger partial charge in [-0.1, -0.05) is 6.07 Å². The Morgan fingerprint density at radius 1 is 1.24 bits per heavy atom. The molecule has 138 valence electrons. The first-order valence-electron chi connectivity index (χ1n) is 7.69. The van der Waals surface area contributed by atoms with Crippen molar-refractivity contribution in [2.45, 2.75) is 46.3 Å². The van der Waals surface area contributed by atoms with E-state index in [0.29, 0.717) is 10.2 Å². The minimum Gasteiger partial charge on any atom is -0.481 e. The van der Waals surface area contributed by atoms with Crippen molar-refractivity contribution in [3.8, 4) is 5.75 Å². The van der Waals surface area contributed by atoms with Gasteiger partial charge in [0.25, 0.3) is 5.91 Å². The number of nitrogens with one attached hydrogen (secondary N) is 2. The lowest BCUT2D eigenvalue weighted by Gasteiger charge is -2.21. The number of amides is 3. The first-order chi connectivity index (χ1) is 11.5. The smallest absolute Gasteiger partial charge is 0.344 e. The zero-order chi connectivity index (χ0) is 19.2. The Bertz CT molecular complexity index is 655. The first kappa shape index (κ1) is 21.0. The van der Waals surface area contributed by atoms with Gasteiger partial charge in [-0.25, -0.2) is 9.59 Å². The molecule has 0 heterocycles. The molecule has 0 aliphatic heterocycles. The molecule has 1 rings (SSSR count). The molecule has 1 aromatic carbocycles. The number of rotatable bonds is 5.